The summed E-state index contributed by atoms with van der Waals surface area (Å²) >= 11 is 0. The summed E-state index contributed by atoms with van der Waals surface area (Å²) in [6, 6.07) is 1.90. The van der Waals surface area contributed by atoms with Crippen molar-refractivity contribution in [1.29, 1.82) is 0 Å². The molecule has 3 rings (SSSR count). The smallest absolute Gasteiger partial charge is 0.306 e. The van der Waals surface area contributed by atoms with Gasteiger partial charge in [-0.15, -0.1) is 0 Å². The minimum absolute atomic E-state index is 0.0242. The summed E-state index contributed by atoms with van der Waals surface area (Å²) < 4.78 is 7.42. The maximum Gasteiger partial charge on any atom is 0.306 e. The largest absolute Gasteiger partial charge is 0.457 e. The summed E-state index contributed by atoms with van der Waals surface area (Å²) in [6.45, 7) is 6.55. The van der Waals surface area contributed by atoms with Gasteiger partial charge in [-0.2, -0.15) is 0 Å². The third-order valence-electron chi connectivity index (χ3n) is 6.51. The van der Waals surface area contributed by atoms with Crippen LogP contribution in [0.25, 0.3) is 0 Å². The SMILES string of the molecule is Cc1cc(C(=O)COC(=O)CC[C@@]2(C)CCC(=O)N2)c(C)n1CCC1=CCCCC1. The zero-order valence-electron chi connectivity index (χ0n) is 18.5. The highest BCUT2D eigenvalue weighted by molar-refractivity contribution is 5.99. The first-order valence-electron chi connectivity index (χ1n) is 11.1. The lowest BCUT2D eigenvalue weighted by molar-refractivity contribution is -0.143. The van der Waals surface area contributed by atoms with Gasteiger partial charge in [-0.3, -0.25) is 14.4 Å². The number of allylic oxidation sites excluding steroid dienone is 2. The zero-order chi connectivity index (χ0) is 21.7. The average Bonchev–Trinajstić information content (AvgIpc) is 3.22. The Hall–Kier alpha value is -2.37. The van der Waals surface area contributed by atoms with Gasteiger partial charge in [0.15, 0.2) is 6.61 Å². The van der Waals surface area contributed by atoms with Crippen molar-refractivity contribution >= 4 is 17.7 Å². The zero-order valence-corrected chi connectivity index (χ0v) is 18.5. The summed E-state index contributed by atoms with van der Waals surface area (Å²) in [5, 5.41) is 2.91. The lowest BCUT2D eigenvalue weighted by Gasteiger charge is -2.23. The van der Waals surface area contributed by atoms with Crippen LogP contribution in [-0.2, 0) is 20.9 Å². The second kappa shape index (κ2) is 9.63. The summed E-state index contributed by atoms with van der Waals surface area (Å²) in [7, 11) is 0. The summed E-state index contributed by atoms with van der Waals surface area (Å²) in [5.41, 5.74) is 3.80. The van der Waals surface area contributed by atoms with E-state index in [-0.39, 0.29) is 30.3 Å². The lowest BCUT2D eigenvalue weighted by atomic mass is 9.94. The number of aromatic nitrogens is 1. The van der Waals surface area contributed by atoms with Gasteiger partial charge < -0.3 is 14.6 Å². The Morgan fingerprint density at radius 3 is 2.70 bits per heavy atom. The number of aryl methyl sites for hydroxylation is 1. The molecule has 0 saturated carbocycles. The van der Waals surface area contributed by atoms with Crippen LogP contribution in [-0.4, -0.2) is 34.4 Å². The molecule has 2 heterocycles. The molecule has 0 unspecified atom stereocenters. The van der Waals surface area contributed by atoms with Crippen molar-refractivity contribution in [2.24, 2.45) is 0 Å². The number of ether oxygens (including phenoxy) is 1. The molecule has 0 radical (unpaired) electrons. The summed E-state index contributed by atoms with van der Waals surface area (Å²) in [6.07, 6.45) is 10.2. The highest BCUT2D eigenvalue weighted by Crippen LogP contribution is 2.25. The molecule has 6 nitrogen and oxygen atoms in total. The molecule has 1 aromatic heterocycles. The number of nitrogens with zero attached hydrogens (tertiary/aromatic N) is 1. The number of hydrogen-bond donors (Lipinski definition) is 1. The van der Waals surface area contributed by atoms with Crippen molar-refractivity contribution in [3.8, 4) is 0 Å². The number of rotatable bonds is 9. The van der Waals surface area contributed by atoms with E-state index < -0.39 is 5.97 Å². The number of hydrogen-bond acceptors (Lipinski definition) is 4. The van der Waals surface area contributed by atoms with E-state index in [1.165, 1.54) is 31.3 Å². The fourth-order valence-electron chi connectivity index (χ4n) is 4.53. The van der Waals surface area contributed by atoms with Crippen molar-refractivity contribution in [3.63, 3.8) is 0 Å². The van der Waals surface area contributed by atoms with Gasteiger partial charge in [0.25, 0.3) is 0 Å². The normalized spacial score (nSPS) is 21.3. The highest BCUT2D eigenvalue weighted by Gasteiger charge is 2.33. The molecule has 1 saturated heterocycles. The molecular weight excluding hydrogens is 380 g/mol. The summed E-state index contributed by atoms with van der Waals surface area (Å²) in [4.78, 5) is 36.1. The minimum Gasteiger partial charge on any atom is -0.457 e. The fraction of sp³-hybridized carbons (Fsp3) is 0.625. The Bertz CT molecular complexity index is 852. The van der Waals surface area contributed by atoms with Gasteiger partial charge in [-0.25, -0.2) is 0 Å². The maximum atomic E-state index is 12.6. The topological polar surface area (TPSA) is 77.4 Å². The third-order valence-corrected chi connectivity index (χ3v) is 6.51. The van der Waals surface area contributed by atoms with Gasteiger partial charge in [-0.05, 0) is 71.8 Å². The predicted molar refractivity (Wildman–Crippen MR) is 115 cm³/mol. The first-order chi connectivity index (χ1) is 14.3. The van der Waals surface area contributed by atoms with E-state index in [1.54, 1.807) is 0 Å². The van der Waals surface area contributed by atoms with Crippen LogP contribution in [0, 0.1) is 13.8 Å². The molecule has 1 aliphatic carbocycles. The Balaban J connectivity index is 1.49. The number of carbonyl (C=O) groups excluding carboxylic acids is 3. The van der Waals surface area contributed by atoms with Crippen LogP contribution in [0.4, 0.5) is 0 Å². The lowest BCUT2D eigenvalue weighted by Crippen LogP contribution is -2.38. The van der Waals surface area contributed by atoms with E-state index in [0.29, 0.717) is 18.4 Å². The molecule has 1 aliphatic heterocycles. The van der Waals surface area contributed by atoms with Crippen LogP contribution in [0.1, 0.15) is 86.5 Å². The van der Waals surface area contributed by atoms with Crippen molar-refractivity contribution in [3.05, 3.63) is 34.7 Å². The minimum atomic E-state index is -0.399. The molecule has 1 N–H and O–H groups in total. The van der Waals surface area contributed by atoms with Crippen molar-refractivity contribution in [1.82, 2.24) is 9.88 Å². The molecule has 1 atom stereocenters. The van der Waals surface area contributed by atoms with Crippen LogP contribution in [0.2, 0.25) is 0 Å². The van der Waals surface area contributed by atoms with Gasteiger partial charge in [0, 0.05) is 41.9 Å². The maximum absolute atomic E-state index is 12.6. The molecule has 0 aromatic carbocycles. The number of ketones is 1. The Kier molecular flexibility index (Phi) is 7.16. The van der Waals surface area contributed by atoms with E-state index in [9.17, 15) is 14.4 Å². The molecule has 164 valence electrons. The Morgan fingerprint density at radius 1 is 1.23 bits per heavy atom. The molecule has 1 fully saturated rings. The quantitative estimate of drug-likeness (QED) is 0.374. The molecule has 6 heteroatoms. The molecule has 30 heavy (non-hydrogen) atoms. The number of nitrogens with one attached hydrogen (secondary N) is 1. The highest BCUT2D eigenvalue weighted by atomic mass is 16.5. The second-order valence-electron chi connectivity index (χ2n) is 8.99. The monoisotopic (exact) mass is 414 g/mol. The van der Waals surface area contributed by atoms with Crippen molar-refractivity contribution < 1.29 is 19.1 Å². The summed E-state index contributed by atoms with van der Waals surface area (Å²) in [5.74, 6) is -0.542. The molecule has 0 bridgehead atoms. The first-order valence-corrected chi connectivity index (χ1v) is 11.1. The van der Waals surface area contributed by atoms with Crippen LogP contribution < -0.4 is 5.32 Å². The molecule has 2 aliphatic rings. The Labute approximate surface area is 179 Å². The van der Waals surface area contributed by atoms with Crippen molar-refractivity contribution in [2.75, 3.05) is 6.61 Å². The van der Waals surface area contributed by atoms with E-state index >= 15 is 0 Å². The number of carbonyl (C=O) groups is 3. The number of esters is 1. The van der Waals surface area contributed by atoms with E-state index in [0.717, 1.165) is 30.8 Å². The van der Waals surface area contributed by atoms with Gasteiger partial charge in [0.05, 0.1) is 0 Å². The van der Waals surface area contributed by atoms with Crippen LogP contribution in [0.5, 0.6) is 0 Å². The molecule has 1 aromatic rings. The average molecular weight is 415 g/mol. The standard InChI is InChI=1S/C24H34N2O4/c1-17-15-20(18(2)26(17)14-11-19-7-5-4-6-8-19)21(27)16-30-23(29)10-13-24(3)12-9-22(28)25-24/h7,15H,4-6,8-14,16H2,1-3H3,(H,25,28)/t24-/m1/s1. The Morgan fingerprint density at radius 2 is 2.03 bits per heavy atom. The van der Waals surface area contributed by atoms with Crippen molar-refractivity contribution in [2.45, 2.75) is 90.6 Å². The number of amides is 1. The molecule has 0 spiro atoms. The van der Waals surface area contributed by atoms with Gasteiger partial charge in [-0.1, -0.05) is 11.6 Å². The van der Waals surface area contributed by atoms with Crippen LogP contribution in [0.3, 0.4) is 0 Å². The molecular formula is C24H34N2O4. The van der Waals surface area contributed by atoms with E-state index in [2.05, 4.69) is 16.0 Å². The van der Waals surface area contributed by atoms with E-state index in [1.807, 2.05) is 26.8 Å². The van der Waals surface area contributed by atoms with Gasteiger partial charge >= 0.3 is 5.97 Å². The second-order valence-corrected chi connectivity index (χ2v) is 8.99. The third kappa shape index (κ3) is 5.61. The van der Waals surface area contributed by atoms with E-state index in [4.69, 9.17) is 4.74 Å². The molecule has 1 amide bonds. The van der Waals surface area contributed by atoms with Gasteiger partial charge in [0.1, 0.15) is 0 Å². The fourth-order valence-corrected chi connectivity index (χ4v) is 4.53. The van der Waals surface area contributed by atoms with Gasteiger partial charge in [0.2, 0.25) is 11.7 Å². The van der Waals surface area contributed by atoms with Crippen LogP contribution >= 0.6 is 0 Å². The number of Topliss-reactive ketones (excluding diaryl/α,β-unsaturated/α-hetero) is 1. The van der Waals surface area contributed by atoms with Crippen LogP contribution in [0.15, 0.2) is 17.7 Å². The predicted octanol–water partition coefficient (Wildman–Crippen LogP) is 4.17. The first kappa shape index (κ1) is 22.3.